The Hall–Kier alpha value is -1.88. The second-order valence-electron chi connectivity index (χ2n) is 4.85. The molecule has 2 atom stereocenters. The summed E-state index contributed by atoms with van der Waals surface area (Å²) in [5.74, 6) is -0.151. The lowest BCUT2D eigenvalue weighted by atomic mass is 9.99. The van der Waals surface area contributed by atoms with Crippen LogP contribution < -0.4 is 5.32 Å². The number of ether oxygens (including phenoxy) is 1. The number of nitrogens with zero attached hydrogens (tertiary/aromatic N) is 1. The van der Waals surface area contributed by atoms with Crippen molar-refractivity contribution in [1.29, 1.82) is 0 Å². The van der Waals surface area contributed by atoms with Crippen LogP contribution in [0.25, 0.3) is 0 Å². The topological polar surface area (TPSA) is 58.6 Å². The zero-order valence-electron chi connectivity index (χ0n) is 10.5. The van der Waals surface area contributed by atoms with E-state index in [1.165, 1.54) is 0 Å². The maximum absolute atomic E-state index is 12.2. The van der Waals surface area contributed by atoms with E-state index in [0.717, 1.165) is 12.0 Å². The van der Waals surface area contributed by atoms with Crippen LogP contribution in [0, 0.1) is 0 Å². The number of benzene rings is 1. The molecule has 2 aliphatic heterocycles. The average molecular weight is 260 g/mol. The Kier molecular flexibility index (Phi) is 3.21. The first-order chi connectivity index (χ1) is 9.27. The zero-order valence-corrected chi connectivity index (χ0v) is 10.5. The van der Waals surface area contributed by atoms with Gasteiger partial charge in [-0.3, -0.25) is 9.59 Å². The predicted octanol–water partition coefficient (Wildman–Crippen LogP) is 0.475. The Bertz CT molecular complexity index is 483. The van der Waals surface area contributed by atoms with E-state index in [2.05, 4.69) is 5.32 Å². The molecule has 2 fully saturated rings. The largest absolute Gasteiger partial charge is 0.379 e. The van der Waals surface area contributed by atoms with E-state index < -0.39 is 6.04 Å². The van der Waals surface area contributed by atoms with Crippen molar-refractivity contribution in [3.05, 3.63) is 35.9 Å². The van der Waals surface area contributed by atoms with Crippen LogP contribution in [-0.2, 0) is 14.3 Å². The highest BCUT2D eigenvalue weighted by atomic mass is 16.5. The van der Waals surface area contributed by atoms with Gasteiger partial charge in [0.1, 0.15) is 6.04 Å². The third-order valence-corrected chi connectivity index (χ3v) is 3.64. The number of hydrogen-bond donors (Lipinski definition) is 1. The van der Waals surface area contributed by atoms with E-state index in [1.54, 1.807) is 4.90 Å². The highest BCUT2D eigenvalue weighted by molar-refractivity contribution is 5.95. The average Bonchev–Trinajstić information content (AvgIpc) is 2.96. The smallest absolute Gasteiger partial charge is 0.247 e. The molecule has 19 heavy (non-hydrogen) atoms. The lowest BCUT2D eigenvalue weighted by Gasteiger charge is -2.38. The third kappa shape index (κ3) is 2.21. The minimum Gasteiger partial charge on any atom is -0.379 e. The van der Waals surface area contributed by atoms with Gasteiger partial charge in [0.15, 0.2) is 0 Å². The van der Waals surface area contributed by atoms with E-state index in [0.29, 0.717) is 13.2 Å². The molecule has 2 unspecified atom stereocenters. The number of carbonyl (C=O) groups is 2. The monoisotopic (exact) mass is 260 g/mol. The van der Waals surface area contributed by atoms with Crippen molar-refractivity contribution in [1.82, 2.24) is 10.2 Å². The van der Waals surface area contributed by atoms with Crippen LogP contribution in [0.2, 0.25) is 0 Å². The Morgan fingerprint density at radius 3 is 2.68 bits per heavy atom. The fourth-order valence-electron chi connectivity index (χ4n) is 2.72. The summed E-state index contributed by atoms with van der Waals surface area (Å²) >= 11 is 0. The number of amides is 2. The van der Waals surface area contributed by atoms with Crippen LogP contribution in [0.4, 0.5) is 0 Å². The molecular weight excluding hydrogens is 244 g/mol. The van der Waals surface area contributed by atoms with E-state index in [4.69, 9.17) is 4.74 Å². The third-order valence-electron chi connectivity index (χ3n) is 3.64. The minimum atomic E-state index is -0.533. The molecule has 100 valence electrons. The molecule has 0 saturated carbocycles. The summed E-state index contributed by atoms with van der Waals surface area (Å²) in [7, 11) is 0. The second kappa shape index (κ2) is 5.01. The number of hydrogen-bond acceptors (Lipinski definition) is 3. The molecule has 1 N–H and O–H groups in total. The van der Waals surface area contributed by atoms with Gasteiger partial charge < -0.3 is 15.0 Å². The van der Waals surface area contributed by atoms with Crippen LogP contribution in [-0.4, -0.2) is 42.5 Å². The van der Waals surface area contributed by atoms with E-state index in [1.807, 2.05) is 30.3 Å². The van der Waals surface area contributed by atoms with Crippen molar-refractivity contribution in [3.63, 3.8) is 0 Å². The zero-order chi connectivity index (χ0) is 13.2. The number of nitrogens with one attached hydrogen (secondary N) is 1. The van der Waals surface area contributed by atoms with E-state index in [-0.39, 0.29) is 24.4 Å². The molecule has 0 bridgehead atoms. The molecule has 0 radical (unpaired) electrons. The molecule has 2 amide bonds. The minimum absolute atomic E-state index is 0.00348. The van der Waals surface area contributed by atoms with Crippen molar-refractivity contribution >= 4 is 11.8 Å². The number of rotatable bonds is 2. The van der Waals surface area contributed by atoms with Gasteiger partial charge in [-0.1, -0.05) is 30.3 Å². The Morgan fingerprint density at radius 2 is 2.00 bits per heavy atom. The van der Waals surface area contributed by atoms with Gasteiger partial charge in [-0.15, -0.1) is 0 Å². The van der Waals surface area contributed by atoms with Crippen LogP contribution >= 0.6 is 0 Å². The number of piperazine rings is 1. The molecule has 1 aromatic rings. The SMILES string of the molecule is O=C1NCC(=O)N(C2CCOC2)C1c1ccccc1. The molecule has 2 aliphatic rings. The molecular formula is C14H16N2O3. The Labute approximate surface area is 111 Å². The lowest BCUT2D eigenvalue weighted by molar-refractivity contribution is -0.148. The highest BCUT2D eigenvalue weighted by Crippen LogP contribution is 2.28. The molecule has 5 nitrogen and oxygen atoms in total. The molecule has 0 spiro atoms. The molecule has 3 rings (SSSR count). The molecule has 0 aromatic heterocycles. The maximum atomic E-state index is 12.2. The molecule has 0 aliphatic carbocycles. The van der Waals surface area contributed by atoms with E-state index >= 15 is 0 Å². The Balaban J connectivity index is 1.95. The summed E-state index contributed by atoms with van der Waals surface area (Å²) in [6, 6.07) is 8.89. The first-order valence-electron chi connectivity index (χ1n) is 6.49. The fraction of sp³-hybridized carbons (Fsp3) is 0.429. The van der Waals surface area contributed by atoms with E-state index in [9.17, 15) is 9.59 Å². The molecule has 2 heterocycles. The number of carbonyl (C=O) groups excluding carboxylic acids is 2. The van der Waals surface area contributed by atoms with Gasteiger partial charge in [0.25, 0.3) is 0 Å². The van der Waals surface area contributed by atoms with Gasteiger partial charge in [-0.2, -0.15) is 0 Å². The molecule has 1 aromatic carbocycles. The van der Waals surface area contributed by atoms with Crippen molar-refractivity contribution < 1.29 is 14.3 Å². The van der Waals surface area contributed by atoms with Crippen LogP contribution in [0.15, 0.2) is 30.3 Å². The second-order valence-corrected chi connectivity index (χ2v) is 4.85. The van der Waals surface area contributed by atoms with Crippen LogP contribution in [0.5, 0.6) is 0 Å². The van der Waals surface area contributed by atoms with Crippen LogP contribution in [0.3, 0.4) is 0 Å². The Morgan fingerprint density at radius 1 is 1.21 bits per heavy atom. The van der Waals surface area contributed by atoms with Gasteiger partial charge in [-0.05, 0) is 12.0 Å². The highest BCUT2D eigenvalue weighted by Gasteiger charge is 2.40. The fourth-order valence-corrected chi connectivity index (χ4v) is 2.72. The summed E-state index contributed by atoms with van der Waals surface area (Å²) in [5.41, 5.74) is 0.847. The summed E-state index contributed by atoms with van der Waals surface area (Å²) in [6.45, 7) is 1.25. The van der Waals surface area contributed by atoms with Crippen molar-refractivity contribution in [2.45, 2.75) is 18.5 Å². The quantitative estimate of drug-likeness (QED) is 0.841. The van der Waals surface area contributed by atoms with Gasteiger partial charge in [0.2, 0.25) is 11.8 Å². The molecule has 5 heteroatoms. The van der Waals surface area contributed by atoms with Crippen LogP contribution in [0.1, 0.15) is 18.0 Å². The summed E-state index contributed by atoms with van der Waals surface area (Å²) in [6.07, 6.45) is 0.794. The van der Waals surface area contributed by atoms with Crippen molar-refractivity contribution in [2.24, 2.45) is 0 Å². The molecule has 2 saturated heterocycles. The first kappa shape index (κ1) is 12.2. The summed E-state index contributed by atoms with van der Waals surface area (Å²) < 4.78 is 5.35. The van der Waals surface area contributed by atoms with Crippen molar-refractivity contribution in [2.75, 3.05) is 19.8 Å². The standard InChI is InChI=1S/C14H16N2O3/c17-12-8-15-14(18)13(10-4-2-1-3-5-10)16(12)11-6-7-19-9-11/h1-5,11,13H,6-9H2,(H,15,18). The lowest BCUT2D eigenvalue weighted by Crippen LogP contribution is -2.57. The van der Waals surface area contributed by atoms with Gasteiger partial charge in [0.05, 0.1) is 19.2 Å². The summed E-state index contributed by atoms with van der Waals surface area (Å²) in [4.78, 5) is 26.0. The summed E-state index contributed by atoms with van der Waals surface area (Å²) in [5, 5.41) is 2.66. The first-order valence-corrected chi connectivity index (χ1v) is 6.49. The van der Waals surface area contributed by atoms with Gasteiger partial charge >= 0.3 is 0 Å². The van der Waals surface area contributed by atoms with Gasteiger partial charge in [0, 0.05) is 6.61 Å². The predicted molar refractivity (Wildman–Crippen MR) is 68.3 cm³/mol. The van der Waals surface area contributed by atoms with Gasteiger partial charge in [-0.25, -0.2) is 0 Å². The normalized spacial score (nSPS) is 27.5. The van der Waals surface area contributed by atoms with Crippen molar-refractivity contribution in [3.8, 4) is 0 Å². The maximum Gasteiger partial charge on any atom is 0.247 e.